The predicted molar refractivity (Wildman–Crippen MR) is 67.3 cm³/mol. The van der Waals surface area contributed by atoms with Crippen LogP contribution in [-0.4, -0.2) is 11.0 Å². The minimum atomic E-state index is -0.0789. The molecule has 0 amide bonds. The Morgan fingerprint density at radius 2 is 2.29 bits per heavy atom. The zero-order chi connectivity index (χ0) is 12.5. The fourth-order valence-electron chi connectivity index (χ4n) is 1.69. The molecule has 3 heteroatoms. The molecule has 1 aromatic heterocycles. The van der Waals surface area contributed by atoms with Crippen molar-refractivity contribution in [3.05, 3.63) is 30.1 Å². The fourth-order valence-corrected chi connectivity index (χ4v) is 1.69. The summed E-state index contributed by atoms with van der Waals surface area (Å²) in [5.41, 5.74) is 0.936. The molecule has 1 aromatic rings. The second kappa shape index (κ2) is 7.82. The Labute approximate surface area is 103 Å². The molecule has 1 atom stereocenters. The van der Waals surface area contributed by atoms with Crippen LogP contribution in [0.3, 0.4) is 0 Å². The van der Waals surface area contributed by atoms with Crippen LogP contribution < -0.4 is 0 Å². The van der Waals surface area contributed by atoms with Crippen molar-refractivity contribution in [3.8, 4) is 0 Å². The molecule has 0 fully saturated rings. The van der Waals surface area contributed by atoms with Crippen molar-refractivity contribution in [1.82, 2.24) is 4.98 Å². The van der Waals surface area contributed by atoms with Crippen LogP contribution in [0.25, 0.3) is 0 Å². The first-order valence-corrected chi connectivity index (χ1v) is 6.33. The zero-order valence-electron chi connectivity index (χ0n) is 10.7. The first-order chi connectivity index (χ1) is 8.27. The molecule has 0 saturated carbocycles. The van der Waals surface area contributed by atoms with E-state index in [0.29, 0.717) is 6.61 Å². The van der Waals surface area contributed by atoms with E-state index >= 15 is 0 Å². The average Bonchev–Trinajstić information content (AvgIpc) is 2.38. The van der Waals surface area contributed by atoms with Crippen LogP contribution in [0.1, 0.15) is 45.1 Å². The van der Waals surface area contributed by atoms with E-state index in [9.17, 15) is 4.79 Å². The lowest BCUT2D eigenvalue weighted by molar-refractivity contribution is -0.150. The van der Waals surface area contributed by atoms with Crippen molar-refractivity contribution in [2.75, 3.05) is 0 Å². The van der Waals surface area contributed by atoms with E-state index in [1.54, 1.807) is 12.4 Å². The zero-order valence-corrected chi connectivity index (χ0v) is 10.7. The highest BCUT2D eigenvalue weighted by Gasteiger charge is 2.17. The van der Waals surface area contributed by atoms with Gasteiger partial charge in [-0.15, -0.1) is 0 Å². The van der Waals surface area contributed by atoms with Gasteiger partial charge in [0.05, 0.1) is 5.92 Å². The molecule has 0 radical (unpaired) electrons. The average molecular weight is 235 g/mol. The maximum absolute atomic E-state index is 11.8. The molecular formula is C14H21NO2. The number of hydrogen-bond acceptors (Lipinski definition) is 3. The minimum Gasteiger partial charge on any atom is -0.461 e. The molecule has 3 nitrogen and oxygen atoms in total. The van der Waals surface area contributed by atoms with E-state index < -0.39 is 0 Å². The van der Waals surface area contributed by atoms with Gasteiger partial charge in [-0.3, -0.25) is 9.78 Å². The third-order valence-corrected chi connectivity index (χ3v) is 2.84. The van der Waals surface area contributed by atoms with E-state index in [-0.39, 0.29) is 11.9 Å². The lowest BCUT2D eigenvalue weighted by Gasteiger charge is -2.13. The third-order valence-electron chi connectivity index (χ3n) is 2.84. The molecule has 94 valence electrons. The normalized spacial score (nSPS) is 12.1. The SMILES string of the molecule is CCCCC(CC)C(=O)OCc1cccnc1. The van der Waals surface area contributed by atoms with Gasteiger partial charge in [-0.2, -0.15) is 0 Å². The van der Waals surface area contributed by atoms with Crippen LogP contribution in [0.2, 0.25) is 0 Å². The summed E-state index contributed by atoms with van der Waals surface area (Å²) >= 11 is 0. The number of hydrogen-bond donors (Lipinski definition) is 0. The highest BCUT2D eigenvalue weighted by atomic mass is 16.5. The van der Waals surface area contributed by atoms with Crippen LogP contribution >= 0.6 is 0 Å². The molecule has 0 aliphatic rings. The number of aromatic nitrogens is 1. The second-order valence-corrected chi connectivity index (χ2v) is 4.22. The van der Waals surface area contributed by atoms with Gasteiger partial charge in [0.25, 0.3) is 0 Å². The summed E-state index contributed by atoms with van der Waals surface area (Å²) in [5.74, 6) is -0.0311. The Bertz CT molecular complexity index is 324. The van der Waals surface area contributed by atoms with Gasteiger partial charge in [-0.25, -0.2) is 0 Å². The maximum Gasteiger partial charge on any atom is 0.309 e. The van der Waals surface area contributed by atoms with E-state index in [4.69, 9.17) is 4.74 Å². The Balaban J connectivity index is 2.37. The number of carbonyl (C=O) groups is 1. The number of nitrogens with zero attached hydrogens (tertiary/aromatic N) is 1. The molecule has 1 rings (SSSR count). The lowest BCUT2D eigenvalue weighted by Crippen LogP contribution is -2.17. The Hall–Kier alpha value is -1.38. The summed E-state index contributed by atoms with van der Waals surface area (Å²) in [4.78, 5) is 15.8. The predicted octanol–water partition coefficient (Wildman–Crippen LogP) is 3.34. The molecule has 0 N–H and O–H groups in total. The minimum absolute atomic E-state index is 0.0478. The van der Waals surface area contributed by atoms with Gasteiger partial charge in [-0.1, -0.05) is 32.8 Å². The van der Waals surface area contributed by atoms with E-state index in [1.807, 2.05) is 19.1 Å². The Morgan fingerprint density at radius 1 is 1.47 bits per heavy atom. The van der Waals surface area contributed by atoms with Gasteiger partial charge >= 0.3 is 5.97 Å². The fraction of sp³-hybridized carbons (Fsp3) is 0.571. The number of pyridine rings is 1. The Kier molecular flexibility index (Phi) is 6.30. The summed E-state index contributed by atoms with van der Waals surface area (Å²) < 4.78 is 5.30. The molecule has 0 bridgehead atoms. The van der Waals surface area contributed by atoms with Crippen molar-refractivity contribution >= 4 is 5.97 Å². The monoisotopic (exact) mass is 235 g/mol. The highest BCUT2D eigenvalue weighted by Crippen LogP contribution is 2.15. The number of ether oxygens (including phenoxy) is 1. The molecule has 0 saturated heterocycles. The largest absolute Gasteiger partial charge is 0.461 e. The van der Waals surface area contributed by atoms with Crippen LogP contribution in [-0.2, 0) is 16.1 Å². The number of unbranched alkanes of at least 4 members (excludes halogenated alkanes) is 1. The van der Waals surface area contributed by atoms with Gasteiger partial charge < -0.3 is 4.74 Å². The molecule has 17 heavy (non-hydrogen) atoms. The highest BCUT2D eigenvalue weighted by molar-refractivity contribution is 5.72. The summed E-state index contributed by atoms with van der Waals surface area (Å²) in [7, 11) is 0. The summed E-state index contributed by atoms with van der Waals surface area (Å²) in [5, 5.41) is 0. The van der Waals surface area contributed by atoms with Crippen molar-refractivity contribution < 1.29 is 9.53 Å². The summed E-state index contributed by atoms with van der Waals surface area (Å²) in [6.07, 6.45) is 7.42. The van der Waals surface area contributed by atoms with Crippen molar-refractivity contribution in [1.29, 1.82) is 0 Å². The second-order valence-electron chi connectivity index (χ2n) is 4.22. The summed E-state index contributed by atoms with van der Waals surface area (Å²) in [6, 6.07) is 3.75. The van der Waals surface area contributed by atoms with Gasteiger partial charge in [0.15, 0.2) is 0 Å². The lowest BCUT2D eigenvalue weighted by atomic mass is 10.00. The standard InChI is InChI=1S/C14H21NO2/c1-3-5-8-13(4-2)14(16)17-11-12-7-6-9-15-10-12/h6-7,9-10,13H,3-5,8,11H2,1-2H3. The van der Waals surface area contributed by atoms with Crippen LogP contribution in [0, 0.1) is 5.92 Å². The first kappa shape index (κ1) is 13.7. The maximum atomic E-state index is 11.8. The quantitative estimate of drug-likeness (QED) is 0.680. The summed E-state index contributed by atoms with van der Waals surface area (Å²) in [6.45, 7) is 4.49. The van der Waals surface area contributed by atoms with Crippen LogP contribution in [0.4, 0.5) is 0 Å². The van der Waals surface area contributed by atoms with Gasteiger partial charge in [0.2, 0.25) is 0 Å². The molecule has 1 heterocycles. The van der Waals surface area contributed by atoms with Crippen LogP contribution in [0.15, 0.2) is 24.5 Å². The Morgan fingerprint density at radius 3 is 2.88 bits per heavy atom. The topological polar surface area (TPSA) is 39.2 Å². The number of esters is 1. The van der Waals surface area contributed by atoms with Gasteiger partial charge in [0, 0.05) is 18.0 Å². The molecule has 1 unspecified atom stereocenters. The van der Waals surface area contributed by atoms with E-state index in [1.165, 1.54) is 0 Å². The van der Waals surface area contributed by atoms with E-state index in [0.717, 1.165) is 31.2 Å². The number of carbonyl (C=O) groups excluding carboxylic acids is 1. The van der Waals surface area contributed by atoms with Gasteiger partial charge in [0.1, 0.15) is 6.61 Å². The molecule has 0 aromatic carbocycles. The van der Waals surface area contributed by atoms with Crippen molar-refractivity contribution in [2.45, 2.75) is 46.1 Å². The molecular weight excluding hydrogens is 214 g/mol. The van der Waals surface area contributed by atoms with Gasteiger partial charge in [-0.05, 0) is 18.9 Å². The van der Waals surface area contributed by atoms with E-state index in [2.05, 4.69) is 11.9 Å². The smallest absolute Gasteiger partial charge is 0.309 e. The molecule has 0 spiro atoms. The van der Waals surface area contributed by atoms with Crippen LogP contribution in [0.5, 0.6) is 0 Å². The molecule has 0 aliphatic heterocycles. The van der Waals surface area contributed by atoms with Crippen molar-refractivity contribution in [2.24, 2.45) is 5.92 Å². The third kappa shape index (κ3) is 4.98. The number of rotatable bonds is 7. The first-order valence-electron chi connectivity index (χ1n) is 6.33. The molecule has 0 aliphatic carbocycles. The van der Waals surface area contributed by atoms with Crippen molar-refractivity contribution in [3.63, 3.8) is 0 Å².